The predicted octanol–water partition coefficient (Wildman–Crippen LogP) is 3.66. The number of esters is 1. The van der Waals surface area contributed by atoms with E-state index in [-0.39, 0.29) is 16.2 Å². The summed E-state index contributed by atoms with van der Waals surface area (Å²) in [4.78, 5) is 25.5. The van der Waals surface area contributed by atoms with Crippen LogP contribution >= 0.6 is 0 Å². The molecule has 0 aliphatic heterocycles. The Morgan fingerprint density at radius 3 is 2.24 bits per heavy atom. The highest BCUT2D eigenvalue weighted by Gasteiger charge is 2.43. The SMILES string of the molecule is COC(=O)C1(NC(=O)c2ccc(OC)c(S(=O)(=O)Nc3ccc(C)cc3)c2)CCC(C)CC1. The normalized spacial score (nSPS) is 20.5. The number of methoxy groups -OCH3 is 2. The molecule has 2 aromatic carbocycles. The van der Waals surface area contributed by atoms with E-state index < -0.39 is 27.4 Å². The van der Waals surface area contributed by atoms with Crippen molar-refractivity contribution in [3.05, 3.63) is 53.6 Å². The van der Waals surface area contributed by atoms with Crippen LogP contribution in [-0.4, -0.2) is 40.1 Å². The smallest absolute Gasteiger partial charge is 0.331 e. The van der Waals surface area contributed by atoms with Crippen molar-refractivity contribution < 1.29 is 27.5 Å². The number of hydrogen-bond donors (Lipinski definition) is 2. The minimum Gasteiger partial charge on any atom is -0.495 e. The molecule has 0 unspecified atom stereocenters. The molecule has 0 bridgehead atoms. The van der Waals surface area contributed by atoms with E-state index in [0.717, 1.165) is 18.4 Å². The van der Waals surface area contributed by atoms with Gasteiger partial charge in [0.2, 0.25) is 0 Å². The zero-order valence-electron chi connectivity index (χ0n) is 19.3. The number of rotatable bonds is 7. The Hall–Kier alpha value is -3.07. The number of carbonyl (C=O) groups excluding carboxylic acids is 2. The molecule has 8 nitrogen and oxygen atoms in total. The van der Waals surface area contributed by atoms with Gasteiger partial charge in [-0.05, 0) is 68.9 Å². The van der Waals surface area contributed by atoms with Gasteiger partial charge in [-0.2, -0.15) is 0 Å². The molecule has 1 amide bonds. The van der Waals surface area contributed by atoms with E-state index in [1.54, 1.807) is 24.3 Å². The summed E-state index contributed by atoms with van der Waals surface area (Å²) in [6.07, 6.45) is 2.47. The molecule has 2 N–H and O–H groups in total. The minimum atomic E-state index is -4.05. The highest BCUT2D eigenvalue weighted by Crippen LogP contribution is 2.34. The topological polar surface area (TPSA) is 111 Å². The van der Waals surface area contributed by atoms with Crippen LogP contribution in [0.3, 0.4) is 0 Å². The lowest BCUT2D eigenvalue weighted by atomic mass is 9.77. The number of benzene rings is 2. The maximum atomic E-state index is 13.1. The Bertz CT molecular complexity index is 1120. The first-order valence-electron chi connectivity index (χ1n) is 10.8. The molecule has 1 aliphatic carbocycles. The summed E-state index contributed by atoms with van der Waals surface area (Å²) in [5.74, 6) is -0.500. The molecular formula is C24H30N2O6S. The Balaban J connectivity index is 1.91. The van der Waals surface area contributed by atoms with Crippen LogP contribution < -0.4 is 14.8 Å². The first-order valence-corrected chi connectivity index (χ1v) is 12.3. The predicted molar refractivity (Wildman–Crippen MR) is 125 cm³/mol. The number of aryl methyl sites for hydroxylation is 1. The number of carbonyl (C=O) groups is 2. The zero-order valence-corrected chi connectivity index (χ0v) is 20.1. The summed E-state index contributed by atoms with van der Waals surface area (Å²) in [5.41, 5.74) is 0.351. The van der Waals surface area contributed by atoms with Crippen molar-refractivity contribution in [2.45, 2.75) is 50.0 Å². The van der Waals surface area contributed by atoms with Crippen molar-refractivity contribution in [2.75, 3.05) is 18.9 Å². The van der Waals surface area contributed by atoms with Crippen LogP contribution in [0.15, 0.2) is 47.4 Å². The molecule has 33 heavy (non-hydrogen) atoms. The lowest BCUT2D eigenvalue weighted by Gasteiger charge is -2.37. The first kappa shape index (κ1) is 24.6. The summed E-state index contributed by atoms with van der Waals surface area (Å²) in [7, 11) is -1.40. The van der Waals surface area contributed by atoms with Crippen molar-refractivity contribution in [2.24, 2.45) is 5.92 Å². The largest absolute Gasteiger partial charge is 0.495 e. The van der Waals surface area contributed by atoms with Gasteiger partial charge in [0.15, 0.2) is 0 Å². The second-order valence-corrected chi connectivity index (χ2v) is 10.2. The number of ether oxygens (including phenoxy) is 2. The standard InChI is InChI=1S/C24H30N2O6S/c1-16-5-8-19(9-6-16)26-33(29,30)21-15-18(7-10-20(21)31-3)22(27)25-24(23(28)32-4)13-11-17(2)12-14-24/h5-10,15,17,26H,11-14H2,1-4H3,(H,25,27). The van der Waals surface area contributed by atoms with Gasteiger partial charge in [0.1, 0.15) is 16.2 Å². The number of hydrogen-bond acceptors (Lipinski definition) is 6. The Morgan fingerprint density at radius 1 is 1.03 bits per heavy atom. The minimum absolute atomic E-state index is 0.0975. The van der Waals surface area contributed by atoms with Gasteiger partial charge in [0.25, 0.3) is 15.9 Å². The maximum Gasteiger partial charge on any atom is 0.331 e. The van der Waals surface area contributed by atoms with Crippen molar-refractivity contribution in [1.82, 2.24) is 5.32 Å². The molecule has 0 spiro atoms. The zero-order chi connectivity index (χ0) is 24.2. The summed E-state index contributed by atoms with van der Waals surface area (Å²) in [5, 5.41) is 2.82. The van der Waals surface area contributed by atoms with E-state index in [9.17, 15) is 18.0 Å². The second-order valence-electron chi connectivity index (χ2n) is 8.55. The van der Waals surface area contributed by atoms with Crippen LogP contribution in [0, 0.1) is 12.8 Å². The number of nitrogens with one attached hydrogen (secondary N) is 2. The Morgan fingerprint density at radius 2 is 1.67 bits per heavy atom. The van der Waals surface area contributed by atoms with Gasteiger partial charge in [-0.1, -0.05) is 24.6 Å². The van der Waals surface area contributed by atoms with Gasteiger partial charge in [-0.3, -0.25) is 9.52 Å². The van der Waals surface area contributed by atoms with Crippen LogP contribution in [-0.2, 0) is 19.6 Å². The molecule has 0 saturated heterocycles. The van der Waals surface area contributed by atoms with E-state index in [2.05, 4.69) is 17.0 Å². The van der Waals surface area contributed by atoms with Gasteiger partial charge in [-0.15, -0.1) is 0 Å². The fourth-order valence-electron chi connectivity index (χ4n) is 3.98. The van der Waals surface area contributed by atoms with Crippen LogP contribution in [0.25, 0.3) is 0 Å². The van der Waals surface area contributed by atoms with E-state index in [0.29, 0.717) is 24.4 Å². The van der Waals surface area contributed by atoms with E-state index in [1.807, 2.05) is 6.92 Å². The van der Waals surface area contributed by atoms with Crippen LogP contribution in [0.2, 0.25) is 0 Å². The lowest BCUT2D eigenvalue weighted by molar-refractivity contribution is -0.150. The quantitative estimate of drug-likeness (QED) is 0.593. The molecule has 9 heteroatoms. The average molecular weight is 475 g/mol. The summed E-state index contributed by atoms with van der Waals surface area (Å²) in [6, 6.07) is 11.0. The molecule has 2 aromatic rings. The third-order valence-corrected chi connectivity index (χ3v) is 7.48. The molecule has 3 rings (SSSR count). The third kappa shape index (κ3) is 5.47. The fraction of sp³-hybridized carbons (Fsp3) is 0.417. The summed E-state index contributed by atoms with van der Waals surface area (Å²) in [6.45, 7) is 4.00. The highest BCUT2D eigenvalue weighted by atomic mass is 32.2. The molecule has 178 valence electrons. The van der Waals surface area contributed by atoms with Crippen molar-refractivity contribution in [3.8, 4) is 5.75 Å². The van der Waals surface area contributed by atoms with Crippen LogP contribution in [0.4, 0.5) is 5.69 Å². The molecule has 0 heterocycles. The number of anilines is 1. The third-order valence-electron chi connectivity index (χ3n) is 6.08. The van der Waals surface area contributed by atoms with Crippen LogP contribution in [0.1, 0.15) is 48.5 Å². The average Bonchev–Trinajstić information content (AvgIpc) is 2.81. The molecule has 1 fully saturated rings. The Labute approximate surface area is 194 Å². The van der Waals surface area contributed by atoms with Gasteiger partial charge in [0.05, 0.1) is 14.2 Å². The monoisotopic (exact) mass is 474 g/mol. The van der Waals surface area contributed by atoms with Crippen LogP contribution in [0.5, 0.6) is 5.75 Å². The first-order chi connectivity index (χ1) is 15.6. The summed E-state index contributed by atoms with van der Waals surface area (Å²) >= 11 is 0. The number of amides is 1. The van der Waals surface area contributed by atoms with Gasteiger partial charge < -0.3 is 14.8 Å². The highest BCUT2D eigenvalue weighted by molar-refractivity contribution is 7.92. The van der Waals surface area contributed by atoms with Crippen molar-refractivity contribution in [3.63, 3.8) is 0 Å². The molecule has 0 aromatic heterocycles. The fourth-order valence-corrected chi connectivity index (χ4v) is 5.23. The second kappa shape index (κ2) is 9.82. The van der Waals surface area contributed by atoms with Crippen molar-refractivity contribution in [1.29, 1.82) is 0 Å². The van der Waals surface area contributed by atoms with E-state index in [1.165, 1.54) is 32.4 Å². The van der Waals surface area contributed by atoms with Gasteiger partial charge in [0, 0.05) is 11.3 Å². The maximum absolute atomic E-state index is 13.1. The molecule has 0 radical (unpaired) electrons. The molecule has 0 atom stereocenters. The van der Waals surface area contributed by atoms with Gasteiger partial charge >= 0.3 is 5.97 Å². The molecule has 1 aliphatic rings. The number of sulfonamides is 1. The lowest BCUT2D eigenvalue weighted by Crippen LogP contribution is -2.56. The van der Waals surface area contributed by atoms with E-state index in [4.69, 9.17) is 9.47 Å². The van der Waals surface area contributed by atoms with Crippen molar-refractivity contribution >= 4 is 27.6 Å². The molecular weight excluding hydrogens is 444 g/mol. The molecule has 1 saturated carbocycles. The summed E-state index contributed by atoms with van der Waals surface area (Å²) < 4.78 is 38.9. The Kier molecular flexibility index (Phi) is 7.31. The van der Waals surface area contributed by atoms with E-state index >= 15 is 0 Å². The van der Waals surface area contributed by atoms with Gasteiger partial charge in [-0.25, -0.2) is 13.2 Å².